The van der Waals surface area contributed by atoms with Gasteiger partial charge in [0.1, 0.15) is 5.60 Å². The molecule has 1 aromatic rings. The van der Waals surface area contributed by atoms with Gasteiger partial charge in [-0.2, -0.15) is 0 Å². The van der Waals surface area contributed by atoms with Crippen molar-refractivity contribution < 1.29 is 14.3 Å². The first-order valence-electron chi connectivity index (χ1n) is 9.45. The number of carbonyl (C=O) groups is 2. The lowest BCUT2D eigenvalue weighted by Crippen LogP contribution is -2.56. The van der Waals surface area contributed by atoms with Crippen LogP contribution in [0.15, 0.2) is 18.2 Å². The van der Waals surface area contributed by atoms with Crippen LogP contribution in [-0.4, -0.2) is 66.2 Å². The second-order valence-electron chi connectivity index (χ2n) is 8.33. The van der Waals surface area contributed by atoms with E-state index in [9.17, 15) is 9.59 Å². The lowest BCUT2D eigenvalue weighted by atomic mass is 10.1. The zero-order valence-electron chi connectivity index (χ0n) is 16.5. The van der Waals surface area contributed by atoms with Crippen LogP contribution < -0.4 is 4.90 Å². The van der Waals surface area contributed by atoms with Crippen LogP contribution in [0.4, 0.5) is 10.5 Å². The Morgan fingerprint density at radius 2 is 1.96 bits per heavy atom. The maximum Gasteiger partial charge on any atom is 0.410 e. The Kier molecular flexibility index (Phi) is 5.68. The zero-order chi connectivity index (χ0) is 19.8. The van der Waals surface area contributed by atoms with E-state index < -0.39 is 5.60 Å². The highest BCUT2D eigenvalue weighted by Gasteiger charge is 2.33. The summed E-state index contributed by atoms with van der Waals surface area (Å²) in [7, 11) is 0. The summed E-state index contributed by atoms with van der Waals surface area (Å²) in [6.07, 6.45) is 0.574. The molecule has 2 heterocycles. The van der Waals surface area contributed by atoms with Crippen molar-refractivity contribution in [2.24, 2.45) is 0 Å². The summed E-state index contributed by atoms with van der Waals surface area (Å²) in [6, 6.07) is 5.73. The normalized spacial score (nSPS) is 20.6. The summed E-state index contributed by atoms with van der Waals surface area (Å²) in [5.41, 5.74) is 1.58. The second-order valence-corrected chi connectivity index (χ2v) is 8.76. The molecule has 0 saturated carbocycles. The van der Waals surface area contributed by atoms with E-state index in [2.05, 4.69) is 4.90 Å². The van der Waals surface area contributed by atoms with E-state index in [1.807, 2.05) is 50.8 Å². The Morgan fingerprint density at radius 1 is 1.22 bits per heavy atom. The van der Waals surface area contributed by atoms with E-state index in [4.69, 9.17) is 16.3 Å². The van der Waals surface area contributed by atoms with Crippen LogP contribution in [-0.2, 0) is 16.0 Å². The zero-order valence-corrected chi connectivity index (χ0v) is 17.3. The van der Waals surface area contributed by atoms with Crippen LogP contribution in [0.5, 0.6) is 0 Å². The minimum atomic E-state index is -0.506. The van der Waals surface area contributed by atoms with Crippen LogP contribution in [0.1, 0.15) is 33.3 Å². The van der Waals surface area contributed by atoms with Crippen molar-refractivity contribution in [1.82, 2.24) is 9.80 Å². The molecule has 0 bridgehead atoms. The Bertz CT molecular complexity index is 732. The molecule has 1 saturated heterocycles. The number of ether oxygens (including phenoxy) is 1. The first-order chi connectivity index (χ1) is 12.6. The van der Waals surface area contributed by atoms with Crippen molar-refractivity contribution in [1.29, 1.82) is 0 Å². The molecule has 2 aliphatic rings. The summed E-state index contributed by atoms with van der Waals surface area (Å²) in [5.74, 6) is 0.0777. The number of piperazine rings is 1. The van der Waals surface area contributed by atoms with E-state index in [1.165, 1.54) is 0 Å². The maximum absolute atomic E-state index is 12.8. The number of halogens is 1. The number of amides is 2. The maximum atomic E-state index is 12.8. The van der Waals surface area contributed by atoms with E-state index >= 15 is 0 Å². The summed E-state index contributed by atoms with van der Waals surface area (Å²) < 4.78 is 5.48. The predicted molar refractivity (Wildman–Crippen MR) is 106 cm³/mol. The van der Waals surface area contributed by atoms with Crippen LogP contribution in [0, 0.1) is 0 Å². The summed E-state index contributed by atoms with van der Waals surface area (Å²) >= 11 is 6.10. The fraction of sp³-hybridized carbons (Fsp3) is 0.600. The van der Waals surface area contributed by atoms with Gasteiger partial charge in [-0.1, -0.05) is 17.7 Å². The highest BCUT2D eigenvalue weighted by molar-refractivity contribution is 6.31. The molecule has 7 heteroatoms. The summed E-state index contributed by atoms with van der Waals surface area (Å²) in [4.78, 5) is 30.8. The van der Waals surface area contributed by atoms with Gasteiger partial charge in [-0.3, -0.25) is 9.69 Å². The van der Waals surface area contributed by atoms with Crippen LogP contribution in [0.3, 0.4) is 0 Å². The quantitative estimate of drug-likeness (QED) is 0.774. The lowest BCUT2D eigenvalue weighted by Gasteiger charge is -2.40. The Hall–Kier alpha value is -1.79. The molecule has 1 unspecified atom stereocenters. The van der Waals surface area contributed by atoms with Crippen molar-refractivity contribution in [3.63, 3.8) is 0 Å². The minimum Gasteiger partial charge on any atom is -0.444 e. The van der Waals surface area contributed by atoms with Gasteiger partial charge in [-0.25, -0.2) is 4.79 Å². The second kappa shape index (κ2) is 7.68. The Labute approximate surface area is 166 Å². The standard InChI is InChI=1S/C20H28ClN3O3/c1-14-12-22(9-10-23(14)19(26)27-20(2,3)4)13-18(25)24-8-7-15-5-6-16(21)11-17(15)24/h5-6,11,14H,7-10,12-13H2,1-4H3. The topological polar surface area (TPSA) is 53.1 Å². The van der Waals surface area contributed by atoms with Gasteiger partial charge < -0.3 is 14.5 Å². The van der Waals surface area contributed by atoms with Crippen LogP contribution >= 0.6 is 11.6 Å². The van der Waals surface area contributed by atoms with E-state index in [-0.39, 0.29) is 18.0 Å². The number of rotatable bonds is 2. The molecule has 0 spiro atoms. The predicted octanol–water partition coefficient (Wildman–Crippen LogP) is 3.17. The number of fused-ring (bicyclic) bond motifs is 1. The molecule has 148 valence electrons. The molecule has 0 aromatic heterocycles. The Balaban J connectivity index is 1.57. The molecule has 0 aliphatic carbocycles. The molecule has 1 fully saturated rings. The molecule has 1 atom stereocenters. The van der Waals surface area contributed by atoms with Gasteiger partial charge in [0.25, 0.3) is 0 Å². The van der Waals surface area contributed by atoms with Crippen molar-refractivity contribution in [3.8, 4) is 0 Å². The van der Waals surface area contributed by atoms with E-state index in [1.54, 1.807) is 4.90 Å². The minimum absolute atomic E-state index is 0.00158. The van der Waals surface area contributed by atoms with Gasteiger partial charge >= 0.3 is 6.09 Å². The third-order valence-electron chi connectivity index (χ3n) is 4.94. The number of hydrogen-bond acceptors (Lipinski definition) is 4. The van der Waals surface area contributed by atoms with Crippen molar-refractivity contribution in [3.05, 3.63) is 28.8 Å². The number of benzene rings is 1. The van der Waals surface area contributed by atoms with Gasteiger partial charge in [0.2, 0.25) is 5.91 Å². The first kappa shape index (κ1) is 20.0. The van der Waals surface area contributed by atoms with E-state index in [0.717, 1.165) is 17.7 Å². The average molecular weight is 394 g/mol. The number of anilines is 1. The van der Waals surface area contributed by atoms with Gasteiger partial charge in [0.15, 0.2) is 0 Å². The molecule has 1 aromatic carbocycles. The SMILES string of the molecule is CC1CN(CC(=O)N2CCc3ccc(Cl)cc32)CCN1C(=O)OC(C)(C)C. The average Bonchev–Trinajstić information content (AvgIpc) is 2.96. The smallest absolute Gasteiger partial charge is 0.410 e. The van der Waals surface area contributed by atoms with Gasteiger partial charge in [-0.05, 0) is 51.8 Å². The molecular formula is C20H28ClN3O3. The number of carbonyl (C=O) groups excluding carboxylic acids is 2. The van der Waals surface area contributed by atoms with Crippen molar-refractivity contribution >= 4 is 29.3 Å². The highest BCUT2D eigenvalue weighted by atomic mass is 35.5. The van der Waals surface area contributed by atoms with Crippen molar-refractivity contribution in [2.75, 3.05) is 37.6 Å². The molecule has 0 radical (unpaired) electrons. The fourth-order valence-corrected chi connectivity index (χ4v) is 3.82. The molecule has 27 heavy (non-hydrogen) atoms. The monoisotopic (exact) mass is 393 g/mol. The van der Waals surface area contributed by atoms with Gasteiger partial charge in [0, 0.05) is 42.9 Å². The van der Waals surface area contributed by atoms with Gasteiger partial charge in [-0.15, -0.1) is 0 Å². The lowest BCUT2D eigenvalue weighted by molar-refractivity contribution is -0.120. The third kappa shape index (κ3) is 4.74. The van der Waals surface area contributed by atoms with E-state index in [0.29, 0.717) is 37.7 Å². The van der Waals surface area contributed by atoms with Gasteiger partial charge in [0.05, 0.1) is 6.54 Å². The van der Waals surface area contributed by atoms with Crippen molar-refractivity contribution in [2.45, 2.75) is 45.8 Å². The Morgan fingerprint density at radius 3 is 2.63 bits per heavy atom. The molecule has 2 aliphatic heterocycles. The fourth-order valence-electron chi connectivity index (χ4n) is 3.66. The number of hydrogen-bond donors (Lipinski definition) is 0. The number of nitrogens with zero attached hydrogens (tertiary/aromatic N) is 3. The largest absolute Gasteiger partial charge is 0.444 e. The molecular weight excluding hydrogens is 366 g/mol. The molecule has 0 N–H and O–H groups in total. The summed E-state index contributed by atoms with van der Waals surface area (Å²) in [5, 5.41) is 0.646. The molecule has 2 amide bonds. The van der Waals surface area contributed by atoms with Crippen LogP contribution in [0.25, 0.3) is 0 Å². The third-order valence-corrected chi connectivity index (χ3v) is 5.18. The summed E-state index contributed by atoms with van der Waals surface area (Å²) in [6.45, 7) is 10.5. The highest BCUT2D eigenvalue weighted by Crippen LogP contribution is 2.31. The van der Waals surface area contributed by atoms with Crippen LogP contribution in [0.2, 0.25) is 5.02 Å². The first-order valence-corrected chi connectivity index (χ1v) is 9.82. The molecule has 6 nitrogen and oxygen atoms in total. The molecule has 3 rings (SSSR count).